The van der Waals surface area contributed by atoms with E-state index in [0.717, 1.165) is 30.8 Å². The summed E-state index contributed by atoms with van der Waals surface area (Å²) in [7, 11) is 0. The summed E-state index contributed by atoms with van der Waals surface area (Å²) >= 11 is 0. The standard InChI is InChI=1S/C18H24N6O2/c1-11-5-4-6-14(8-11)20-17-15(24(25)26)16(19)21-18(22-17)23-9-12(2)7-13(3)10-23/h4-6,8,12-13H,7,9-10H2,1-3H3,(H3,19,20,21,22)/t12-,13-/m0/s1. The van der Waals surface area contributed by atoms with E-state index >= 15 is 0 Å². The summed E-state index contributed by atoms with van der Waals surface area (Å²) < 4.78 is 0. The number of aryl methyl sites for hydroxylation is 1. The van der Waals surface area contributed by atoms with Crippen LogP contribution in [0.3, 0.4) is 0 Å². The summed E-state index contributed by atoms with van der Waals surface area (Å²) in [5.41, 5.74) is 7.39. The number of hydrogen-bond donors (Lipinski definition) is 2. The molecule has 0 spiro atoms. The van der Waals surface area contributed by atoms with Gasteiger partial charge in [0.2, 0.25) is 17.6 Å². The van der Waals surface area contributed by atoms with Gasteiger partial charge in [-0.3, -0.25) is 10.1 Å². The Balaban J connectivity index is 2.00. The molecule has 1 aromatic carbocycles. The number of nitro groups is 1. The topological polar surface area (TPSA) is 110 Å². The minimum absolute atomic E-state index is 0.119. The Labute approximate surface area is 152 Å². The molecule has 8 nitrogen and oxygen atoms in total. The van der Waals surface area contributed by atoms with Crippen LogP contribution >= 0.6 is 0 Å². The van der Waals surface area contributed by atoms with Crippen molar-refractivity contribution >= 4 is 29.0 Å². The monoisotopic (exact) mass is 356 g/mol. The normalized spacial score (nSPS) is 20.0. The van der Waals surface area contributed by atoms with E-state index in [4.69, 9.17) is 5.73 Å². The summed E-state index contributed by atoms with van der Waals surface area (Å²) in [4.78, 5) is 21.7. The second-order valence-electron chi connectivity index (χ2n) is 7.21. The van der Waals surface area contributed by atoms with E-state index in [1.807, 2.05) is 31.2 Å². The van der Waals surface area contributed by atoms with Crippen LogP contribution in [-0.2, 0) is 0 Å². The fraction of sp³-hybridized carbons (Fsp3) is 0.444. The zero-order valence-corrected chi connectivity index (χ0v) is 15.3. The van der Waals surface area contributed by atoms with Crippen LogP contribution in [0.4, 0.5) is 29.0 Å². The van der Waals surface area contributed by atoms with Crippen molar-refractivity contribution < 1.29 is 4.92 Å². The highest BCUT2D eigenvalue weighted by molar-refractivity contribution is 5.74. The Kier molecular flexibility index (Phi) is 4.92. The molecule has 1 aromatic heterocycles. The lowest BCUT2D eigenvalue weighted by molar-refractivity contribution is -0.383. The van der Waals surface area contributed by atoms with Crippen LogP contribution in [0, 0.1) is 28.9 Å². The number of nitrogens with zero attached hydrogens (tertiary/aromatic N) is 4. The first-order valence-corrected chi connectivity index (χ1v) is 8.74. The first kappa shape index (κ1) is 17.9. The van der Waals surface area contributed by atoms with Gasteiger partial charge >= 0.3 is 5.69 Å². The van der Waals surface area contributed by atoms with Gasteiger partial charge in [-0.1, -0.05) is 26.0 Å². The molecule has 8 heteroatoms. The van der Waals surface area contributed by atoms with Crippen molar-refractivity contribution in [3.8, 4) is 0 Å². The van der Waals surface area contributed by atoms with Gasteiger partial charge < -0.3 is 16.0 Å². The molecule has 26 heavy (non-hydrogen) atoms. The highest BCUT2D eigenvalue weighted by atomic mass is 16.6. The molecule has 3 rings (SSSR count). The number of aromatic nitrogens is 2. The van der Waals surface area contributed by atoms with Crippen molar-refractivity contribution in [2.45, 2.75) is 27.2 Å². The van der Waals surface area contributed by atoms with Crippen LogP contribution in [0.25, 0.3) is 0 Å². The number of anilines is 4. The lowest BCUT2D eigenvalue weighted by atomic mass is 9.92. The predicted octanol–water partition coefficient (Wildman–Crippen LogP) is 3.50. The van der Waals surface area contributed by atoms with E-state index in [0.29, 0.717) is 17.8 Å². The number of piperidine rings is 1. The maximum atomic E-state index is 11.5. The number of nitrogens with two attached hydrogens (primary N) is 1. The van der Waals surface area contributed by atoms with Gasteiger partial charge in [-0.2, -0.15) is 9.97 Å². The van der Waals surface area contributed by atoms with Crippen LogP contribution < -0.4 is 16.0 Å². The molecule has 0 amide bonds. The molecule has 0 aliphatic carbocycles. The maximum Gasteiger partial charge on any atom is 0.353 e. The zero-order chi connectivity index (χ0) is 18.8. The maximum absolute atomic E-state index is 11.5. The second kappa shape index (κ2) is 7.15. The third-order valence-corrected chi connectivity index (χ3v) is 4.51. The highest BCUT2D eigenvalue weighted by Gasteiger charge is 2.28. The van der Waals surface area contributed by atoms with Crippen molar-refractivity contribution in [2.24, 2.45) is 11.8 Å². The first-order valence-electron chi connectivity index (χ1n) is 8.74. The van der Waals surface area contributed by atoms with Crippen molar-refractivity contribution in [3.63, 3.8) is 0 Å². The van der Waals surface area contributed by atoms with Gasteiger partial charge in [-0.15, -0.1) is 0 Å². The van der Waals surface area contributed by atoms with Crippen LogP contribution in [0.2, 0.25) is 0 Å². The molecule has 0 radical (unpaired) electrons. The molecule has 0 saturated carbocycles. The number of nitrogens with one attached hydrogen (secondary N) is 1. The van der Waals surface area contributed by atoms with Gasteiger partial charge in [0.15, 0.2) is 0 Å². The Morgan fingerprint density at radius 1 is 1.27 bits per heavy atom. The van der Waals surface area contributed by atoms with E-state index in [-0.39, 0.29) is 17.3 Å². The fourth-order valence-electron chi connectivity index (χ4n) is 3.55. The summed E-state index contributed by atoms with van der Waals surface area (Å²) in [5.74, 6) is 1.44. The number of rotatable bonds is 4. The first-order chi connectivity index (χ1) is 12.3. The molecular formula is C18H24N6O2. The van der Waals surface area contributed by atoms with E-state index in [2.05, 4.69) is 34.0 Å². The Morgan fingerprint density at radius 3 is 2.58 bits per heavy atom. The summed E-state index contributed by atoms with van der Waals surface area (Å²) in [6.45, 7) is 7.94. The molecule has 1 aliphatic heterocycles. The largest absolute Gasteiger partial charge is 0.378 e. The van der Waals surface area contributed by atoms with Gasteiger partial charge in [-0.25, -0.2) is 0 Å². The molecule has 2 atom stereocenters. The summed E-state index contributed by atoms with van der Waals surface area (Å²) in [6.07, 6.45) is 1.15. The average Bonchev–Trinajstić information content (AvgIpc) is 2.53. The van der Waals surface area contributed by atoms with E-state index < -0.39 is 4.92 Å². The minimum Gasteiger partial charge on any atom is -0.378 e. The van der Waals surface area contributed by atoms with Gasteiger partial charge in [0.05, 0.1) is 4.92 Å². The van der Waals surface area contributed by atoms with Gasteiger partial charge in [0.25, 0.3) is 0 Å². The van der Waals surface area contributed by atoms with E-state index in [1.54, 1.807) is 0 Å². The molecule has 3 N–H and O–H groups in total. The third kappa shape index (κ3) is 3.84. The summed E-state index contributed by atoms with van der Waals surface area (Å²) in [5, 5.41) is 14.5. The zero-order valence-electron chi connectivity index (χ0n) is 15.3. The van der Waals surface area contributed by atoms with Crippen LogP contribution in [0.15, 0.2) is 24.3 Å². The van der Waals surface area contributed by atoms with Gasteiger partial charge in [0, 0.05) is 18.8 Å². The van der Waals surface area contributed by atoms with Crippen LogP contribution in [-0.4, -0.2) is 28.0 Å². The molecule has 1 aliphatic rings. The third-order valence-electron chi connectivity index (χ3n) is 4.51. The van der Waals surface area contributed by atoms with Crippen molar-refractivity contribution in [1.82, 2.24) is 9.97 Å². The Hall–Kier alpha value is -2.90. The van der Waals surface area contributed by atoms with Gasteiger partial charge in [-0.05, 0) is 42.9 Å². The Bertz CT molecular complexity index is 815. The average molecular weight is 356 g/mol. The lowest BCUT2D eigenvalue weighted by Crippen LogP contribution is -2.39. The summed E-state index contributed by atoms with van der Waals surface area (Å²) in [6, 6.07) is 7.56. The Morgan fingerprint density at radius 2 is 1.96 bits per heavy atom. The SMILES string of the molecule is Cc1cccc(Nc2nc(N3C[C@@H](C)C[C@H](C)C3)nc(N)c2[N+](=O)[O-])c1. The lowest BCUT2D eigenvalue weighted by Gasteiger charge is -2.35. The van der Waals surface area contributed by atoms with Crippen LogP contribution in [0.5, 0.6) is 0 Å². The second-order valence-corrected chi connectivity index (χ2v) is 7.21. The van der Waals surface area contributed by atoms with E-state index in [1.165, 1.54) is 0 Å². The smallest absolute Gasteiger partial charge is 0.353 e. The fourth-order valence-corrected chi connectivity index (χ4v) is 3.55. The molecule has 138 valence electrons. The highest BCUT2D eigenvalue weighted by Crippen LogP contribution is 2.34. The predicted molar refractivity (Wildman–Crippen MR) is 103 cm³/mol. The van der Waals surface area contributed by atoms with Gasteiger partial charge in [0.1, 0.15) is 0 Å². The quantitative estimate of drug-likeness (QED) is 0.637. The number of nitrogen functional groups attached to an aromatic ring is 1. The number of benzene rings is 1. The molecule has 1 fully saturated rings. The van der Waals surface area contributed by atoms with E-state index in [9.17, 15) is 10.1 Å². The molecule has 2 aromatic rings. The molecule has 1 saturated heterocycles. The number of hydrogen-bond acceptors (Lipinski definition) is 7. The van der Waals surface area contributed by atoms with Crippen LogP contribution in [0.1, 0.15) is 25.8 Å². The van der Waals surface area contributed by atoms with Crippen molar-refractivity contribution in [1.29, 1.82) is 0 Å². The minimum atomic E-state index is -0.543. The van der Waals surface area contributed by atoms with Crippen molar-refractivity contribution in [3.05, 3.63) is 39.9 Å². The van der Waals surface area contributed by atoms with Crippen molar-refractivity contribution in [2.75, 3.05) is 29.0 Å². The molecule has 0 bridgehead atoms. The molecule has 0 unspecified atom stereocenters. The molecular weight excluding hydrogens is 332 g/mol. The molecule has 2 heterocycles.